The SMILES string of the molecule is C[Si](C)(C)C#Cc1ccccc1I. The summed E-state index contributed by atoms with van der Waals surface area (Å²) in [5.41, 5.74) is 4.52. The molecule has 0 saturated heterocycles. The lowest BCUT2D eigenvalue weighted by atomic mass is 10.2. The van der Waals surface area contributed by atoms with E-state index in [2.05, 4.69) is 65.8 Å². The van der Waals surface area contributed by atoms with E-state index in [1.807, 2.05) is 12.1 Å². The first kappa shape index (κ1) is 10.8. The molecule has 0 radical (unpaired) electrons. The summed E-state index contributed by atoms with van der Waals surface area (Å²) in [6, 6.07) is 8.25. The van der Waals surface area contributed by atoms with E-state index in [9.17, 15) is 0 Å². The molecule has 0 bridgehead atoms. The monoisotopic (exact) mass is 300 g/mol. The van der Waals surface area contributed by atoms with Crippen molar-refractivity contribution in [2.75, 3.05) is 0 Å². The molecule has 0 fully saturated rings. The van der Waals surface area contributed by atoms with Gasteiger partial charge in [0.05, 0.1) is 0 Å². The minimum atomic E-state index is -1.23. The zero-order chi connectivity index (χ0) is 9.90. The Labute approximate surface area is 94.9 Å². The van der Waals surface area contributed by atoms with Crippen LogP contribution in [0.5, 0.6) is 0 Å². The van der Waals surface area contributed by atoms with Crippen LogP contribution in [0.4, 0.5) is 0 Å². The molecule has 0 aliphatic rings. The lowest BCUT2D eigenvalue weighted by molar-refractivity contribution is 1.59. The molecule has 0 N–H and O–H groups in total. The Morgan fingerprint density at radius 3 is 2.31 bits per heavy atom. The summed E-state index contributed by atoms with van der Waals surface area (Å²) >= 11 is 2.32. The van der Waals surface area contributed by atoms with Gasteiger partial charge in [0.15, 0.2) is 0 Å². The van der Waals surface area contributed by atoms with Gasteiger partial charge in [-0.1, -0.05) is 37.7 Å². The molecule has 0 aliphatic heterocycles. The Morgan fingerprint density at radius 1 is 1.15 bits per heavy atom. The van der Waals surface area contributed by atoms with Crippen LogP contribution in [0, 0.1) is 15.0 Å². The summed E-state index contributed by atoms with van der Waals surface area (Å²) in [7, 11) is -1.23. The zero-order valence-electron chi connectivity index (χ0n) is 8.19. The van der Waals surface area contributed by atoms with Gasteiger partial charge in [-0.15, -0.1) is 5.54 Å². The summed E-state index contributed by atoms with van der Waals surface area (Å²) in [5.74, 6) is 3.26. The average Bonchev–Trinajstić information content (AvgIpc) is 2.01. The fraction of sp³-hybridized carbons (Fsp3) is 0.273. The summed E-state index contributed by atoms with van der Waals surface area (Å²) in [6.07, 6.45) is 0. The fourth-order valence-corrected chi connectivity index (χ4v) is 1.85. The van der Waals surface area contributed by atoms with Crippen molar-refractivity contribution in [1.82, 2.24) is 0 Å². The van der Waals surface area contributed by atoms with Crippen molar-refractivity contribution in [1.29, 1.82) is 0 Å². The maximum atomic E-state index is 3.36. The van der Waals surface area contributed by atoms with E-state index in [0.29, 0.717) is 0 Å². The predicted octanol–water partition coefficient (Wildman–Crippen LogP) is 3.52. The molecule has 13 heavy (non-hydrogen) atoms. The first-order chi connectivity index (χ1) is 5.99. The second kappa shape index (κ2) is 4.29. The number of halogens is 1. The van der Waals surface area contributed by atoms with Crippen molar-refractivity contribution >= 4 is 30.7 Å². The van der Waals surface area contributed by atoms with Gasteiger partial charge >= 0.3 is 0 Å². The van der Waals surface area contributed by atoms with Crippen LogP contribution in [0.1, 0.15) is 5.56 Å². The molecule has 0 aromatic heterocycles. The number of hydrogen-bond donors (Lipinski definition) is 0. The molecule has 0 aliphatic carbocycles. The first-order valence-corrected chi connectivity index (χ1v) is 8.85. The zero-order valence-corrected chi connectivity index (χ0v) is 11.3. The maximum Gasteiger partial charge on any atom is 0.129 e. The van der Waals surface area contributed by atoms with E-state index in [-0.39, 0.29) is 0 Å². The molecule has 0 atom stereocenters. The molecule has 68 valence electrons. The number of rotatable bonds is 0. The van der Waals surface area contributed by atoms with Gasteiger partial charge in [0.2, 0.25) is 0 Å². The predicted molar refractivity (Wildman–Crippen MR) is 69.4 cm³/mol. The fourth-order valence-electron chi connectivity index (χ4n) is 0.817. The lowest BCUT2D eigenvalue weighted by Gasteiger charge is -2.03. The molecular weight excluding hydrogens is 287 g/mol. The Morgan fingerprint density at radius 2 is 1.77 bits per heavy atom. The largest absolute Gasteiger partial charge is 0.129 e. The highest BCUT2D eigenvalue weighted by Gasteiger charge is 2.07. The summed E-state index contributed by atoms with van der Waals surface area (Å²) < 4.78 is 1.24. The van der Waals surface area contributed by atoms with Crippen LogP contribution in [0.3, 0.4) is 0 Å². The van der Waals surface area contributed by atoms with Crippen molar-refractivity contribution in [3.63, 3.8) is 0 Å². The highest BCUT2D eigenvalue weighted by atomic mass is 127. The molecule has 1 rings (SSSR count). The minimum Gasteiger partial charge on any atom is -0.127 e. The molecule has 0 nitrogen and oxygen atoms in total. The van der Waals surface area contributed by atoms with Gasteiger partial charge in [-0.2, -0.15) is 0 Å². The average molecular weight is 300 g/mol. The van der Waals surface area contributed by atoms with E-state index in [1.165, 1.54) is 3.57 Å². The van der Waals surface area contributed by atoms with Crippen molar-refractivity contribution < 1.29 is 0 Å². The van der Waals surface area contributed by atoms with Crippen LogP contribution in [0.15, 0.2) is 24.3 Å². The first-order valence-electron chi connectivity index (χ1n) is 4.27. The molecule has 0 unspecified atom stereocenters. The summed E-state index contributed by atoms with van der Waals surface area (Å²) in [4.78, 5) is 0. The second-order valence-corrected chi connectivity index (χ2v) is 9.89. The Hall–Kier alpha value is -0.273. The van der Waals surface area contributed by atoms with E-state index < -0.39 is 8.07 Å². The van der Waals surface area contributed by atoms with Crippen LogP contribution in [0.25, 0.3) is 0 Å². The third-order valence-electron chi connectivity index (χ3n) is 1.45. The van der Waals surface area contributed by atoms with Crippen molar-refractivity contribution in [3.8, 4) is 11.5 Å². The van der Waals surface area contributed by atoms with Gasteiger partial charge in [-0.05, 0) is 34.7 Å². The van der Waals surface area contributed by atoms with Gasteiger partial charge in [0, 0.05) is 9.13 Å². The highest BCUT2D eigenvalue weighted by Crippen LogP contribution is 2.10. The van der Waals surface area contributed by atoms with Crippen molar-refractivity contribution in [2.24, 2.45) is 0 Å². The van der Waals surface area contributed by atoms with Crippen LogP contribution in [0.2, 0.25) is 19.6 Å². The van der Waals surface area contributed by atoms with Gasteiger partial charge in [0.1, 0.15) is 8.07 Å². The highest BCUT2D eigenvalue weighted by molar-refractivity contribution is 14.1. The van der Waals surface area contributed by atoms with E-state index in [0.717, 1.165) is 5.56 Å². The molecule has 0 heterocycles. The number of benzene rings is 1. The number of hydrogen-bond acceptors (Lipinski definition) is 0. The van der Waals surface area contributed by atoms with E-state index in [1.54, 1.807) is 0 Å². The molecule has 0 saturated carbocycles. The normalized spacial score (nSPS) is 10.5. The third kappa shape index (κ3) is 3.97. The molecule has 1 aromatic rings. The second-order valence-electron chi connectivity index (χ2n) is 3.98. The summed E-state index contributed by atoms with van der Waals surface area (Å²) in [5, 5.41) is 0. The van der Waals surface area contributed by atoms with Crippen LogP contribution < -0.4 is 0 Å². The van der Waals surface area contributed by atoms with Crippen LogP contribution >= 0.6 is 22.6 Å². The Balaban J connectivity index is 2.97. The minimum absolute atomic E-state index is 1.16. The van der Waals surface area contributed by atoms with Crippen molar-refractivity contribution in [3.05, 3.63) is 33.4 Å². The molecular formula is C11H13ISi. The molecule has 0 spiro atoms. The lowest BCUT2D eigenvalue weighted by Crippen LogP contribution is -2.16. The Bertz CT molecular complexity index is 352. The smallest absolute Gasteiger partial charge is 0.127 e. The van der Waals surface area contributed by atoms with Gasteiger partial charge < -0.3 is 0 Å². The molecule has 2 heteroatoms. The van der Waals surface area contributed by atoms with E-state index in [4.69, 9.17) is 0 Å². The van der Waals surface area contributed by atoms with Gasteiger partial charge in [-0.3, -0.25) is 0 Å². The van der Waals surface area contributed by atoms with Crippen molar-refractivity contribution in [2.45, 2.75) is 19.6 Å². The summed E-state index contributed by atoms with van der Waals surface area (Å²) in [6.45, 7) is 6.78. The topological polar surface area (TPSA) is 0 Å². The van der Waals surface area contributed by atoms with Gasteiger partial charge in [-0.25, -0.2) is 0 Å². The quantitative estimate of drug-likeness (QED) is 0.391. The Kier molecular flexibility index (Phi) is 3.57. The van der Waals surface area contributed by atoms with Crippen LogP contribution in [-0.2, 0) is 0 Å². The van der Waals surface area contributed by atoms with Crippen LogP contribution in [-0.4, -0.2) is 8.07 Å². The molecule has 0 amide bonds. The standard InChI is InChI=1S/C11H13ISi/c1-13(2,3)9-8-10-6-4-5-7-11(10)12/h4-7H,1-3H3. The van der Waals surface area contributed by atoms with Gasteiger partial charge in [0.25, 0.3) is 0 Å². The third-order valence-corrected chi connectivity index (χ3v) is 3.26. The maximum absolute atomic E-state index is 3.36. The molecule has 1 aromatic carbocycles. The van der Waals surface area contributed by atoms with E-state index >= 15 is 0 Å².